The van der Waals surface area contributed by atoms with E-state index < -0.39 is 5.82 Å². The summed E-state index contributed by atoms with van der Waals surface area (Å²) in [6, 6.07) is 9.31. The van der Waals surface area contributed by atoms with E-state index in [1.165, 1.54) is 12.1 Å². The molecule has 3 rings (SSSR count). The molecule has 20 heavy (non-hydrogen) atoms. The zero-order valence-corrected chi connectivity index (χ0v) is 11.0. The van der Waals surface area contributed by atoms with Crippen molar-refractivity contribution in [1.82, 2.24) is 4.98 Å². The van der Waals surface area contributed by atoms with E-state index in [0.29, 0.717) is 21.5 Å². The molecule has 3 N–H and O–H groups in total. The first-order chi connectivity index (χ1) is 9.58. The number of ketones is 1. The van der Waals surface area contributed by atoms with Crippen LogP contribution in [-0.4, -0.2) is 10.8 Å². The minimum atomic E-state index is -0.603. The summed E-state index contributed by atoms with van der Waals surface area (Å²) in [6.45, 7) is 0. The molecule has 5 heteroatoms. The number of anilines is 1. The van der Waals surface area contributed by atoms with E-state index in [1.807, 2.05) is 0 Å². The van der Waals surface area contributed by atoms with Gasteiger partial charge in [0.25, 0.3) is 0 Å². The third-order valence-corrected chi connectivity index (χ3v) is 3.49. The third kappa shape index (κ3) is 1.94. The van der Waals surface area contributed by atoms with Crippen molar-refractivity contribution in [1.29, 1.82) is 0 Å². The standard InChI is InChI=1S/C15H10ClFN2O/c16-11-3-1-2-9-10(7-19-14(9)11)15(20)8-4-5-13(18)12(17)6-8/h1-7,19H,18H2. The number of H-pyrrole nitrogens is 1. The largest absolute Gasteiger partial charge is 0.396 e. The minimum absolute atomic E-state index is 0.0171. The Kier molecular flexibility index (Phi) is 2.95. The van der Waals surface area contributed by atoms with Crippen LogP contribution in [-0.2, 0) is 0 Å². The average molecular weight is 289 g/mol. The number of nitrogens with two attached hydrogens (primary N) is 1. The topological polar surface area (TPSA) is 58.9 Å². The van der Waals surface area contributed by atoms with E-state index in [-0.39, 0.29) is 17.0 Å². The highest BCUT2D eigenvalue weighted by Crippen LogP contribution is 2.27. The van der Waals surface area contributed by atoms with E-state index in [9.17, 15) is 9.18 Å². The highest BCUT2D eigenvalue weighted by atomic mass is 35.5. The number of carbonyl (C=O) groups excluding carboxylic acids is 1. The molecule has 0 spiro atoms. The number of hydrogen-bond donors (Lipinski definition) is 2. The molecule has 1 aromatic heterocycles. The third-order valence-electron chi connectivity index (χ3n) is 3.17. The Labute approximate surface area is 119 Å². The van der Waals surface area contributed by atoms with Crippen molar-refractivity contribution in [3.8, 4) is 0 Å². The molecule has 3 nitrogen and oxygen atoms in total. The number of halogens is 2. The predicted octanol–water partition coefficient (Wildman–Crippen LogP) is 3.77. The van der Waals surface area contributed by atoms with Gasteiger partial charge in [-0.3, -0.25) is 4.79 Å². The first-order valence-corrected chi connectivity index (χ1v) is 6.31. The second-order valence-electron chi connectivity index (χ2n) is 4.43. The zero-order chi connectivity index (χ0) is 14.3. The van der Waals surface area contributed by atoms with Crippen LogP contribution < -0.4 is 5.73 Å². The molecule has 0 amide bonds. The van der Waals surface area contributed by atoms with Gasteiger partial charge in [-0.2, -0.15) is 0 Å². The van der Waals surface area contributed by atoms with Gasteiger partial charge in [0, 0.05) is 22.7 Å². The van der Waals surface area contributed by atoms with Gasteiger partial charge in [-0.05, 0) is 24.3 Å². The van der Waals surface area contributed by atoms with E-state index in [4.69, 9.17) is 17.3 Å². The van der Waals surface area contributed by atoms with Gasteiger partial charge in [0.05, 0.1) is 16.2 Å². The summed E-state index contributed by atoms with van der Waals surface area (Å²) in [4.78, 5) is 15.4. The number of aromatic nitrogens is 1. The van der Waals surface area contributed by atoms with Crippen molar-refractivity contribution in [2.45, 2.75) is 0 Å². The fourth-order valence-electron chi connectivity index (χ4n) is 2.13. The Morgan fingerprint density at radius 1 is 1.25 bits per heavy atom. The van der Waals surface area contributed by atoms with Gasteiger partial charge in [-0.1, -0.05) is 23.7 Å². The molecule has 0 aliphatic carbocycles. The summed E-state index contributed by atoms with van der Waals surface area (Å²) in [5, 5.41) is 1.24. The average Bonchev–Trinajstić information content (AvgIpc) is 2.86. The smallest absolute Gasteiger partial charge is 0.195 e. The summed E-state index contributed by atoms with van der Waals surface area (Å²) in [5.74, 6) is -0.883. The number of nitrogen functional groups attached to an aromatic ring is 1. The molecule has 0 saturated heterocycles. The van der Waals surface area contributed by atoms with Crippen LogP contribution >= 0.6 is 11.6 Å². The van der Waals surface area contributed by atoms with E-state index >= 15 is 0 Å². The van der Waals surface area contributed by atoms with Crippen LogP contribution in [0.3, 0.4) is 0 Å². The van der Waals surface area contributed by atoms with Gasteiger partial charge in [0.2, 0.25) is 0 Å². The number of fused-ring (bicyclic) bond motifs is 1. The van der Waals surface area contributed by atoms with Crippen LogP contribution in [0.5, 0.6) is 0 Å². The van der Waals surface area contributed by atoms with Crippen molar-refractivity contribution in [3.05, 3.63) is 64.6 Å². The maximum atomic E-state index is 13.5. The SMILES string of the molecule is Nc1ccc(C(=O)c2c[nH]c3c(Cl)cccc23)cc1F. The molecule has 0 atom stereocenters. The van der Waals surface area contributed by atoms with Gasteiger partial charge in [-0.25, -0.2) is 4.39 Å². The van der Waals surface area contributed by atoms with Gasteiger partial charge in [-0.15, -0.1) is 0 Å². The van der Waals surface area contributed by atoms with Crippen molar-refractivity contribution >= 4 is 34.0 Å². The van der Waals surface area contributed by atoms with Crippen molar-refractivity contribution in [2.75, 3.05) is 5.73 Å². The van der Waals surface area contributed by atoms with E-state index in [0.717, 1.165) is 6.07 Å². The van der Waals surface area contributed by atoms with Crippen LogP contribution in [0.15, 0.2) is 42.6 Å². The molecular weight excluding hydrogens is 279 g/mol. The Hall–Kier alpha value is -2.33. The number of nitrogens with one attached hydrogen (secondary N) is 1. The zero-order valence-electron chi connectivity index (χ0n) is 10.3. The number of aromatic amines is 1. The first-order valence-electron chi connectivity index (χ1n) is 5.93. The lowest BCUT2D eigenvalue weighted by Gasteiger charge is -2.02. The first kappa shape index (κ1) is 12.7. The Bertz CT molecular complexity index is 826. The molecule has 2 aromatic carbocycles. The number of hydrogen-bond acceptors (Lipinski definition) is 2. The molecule has 0 aliphatic heterocycles. The summed E-state index contributed by atoms with van der Waals surface area (Å²) in [6.07, 6.45) is 1.58. The van der Waals surface area contributed by atoms with Gasteiger partial charge < -0.3 is 10.7 Å². The summed E-state index contributed by atoms with van der Waals surface area (Å²) in [7, 11) is 0. The van der Waals surface area contributed by atoms with E-state index in [1.54, 1.807) is 24.4 Å². The highest BCUT2D eigenvalue weighted by molar-refractivity contribution is 6.35. The van der Waals surface area contributed by atoms with Crippen LogP contribution in [0, 0.1) is 5.82 Å². The molecule has 3 aromatic rings. The second kappa shape index (κ2) is 4.65. The molecule has 1 heterocycles. The Morgan fingerprint density at radius 2 is 2.05 bits per heavy atom. The molecule has 0 saturated carbocycles. The van der Waals surface area contributed by atoms with Gasteiger partial charge in [0.1, 0.15) is 5.82 Å². The molecule has 0 bridgehead atoms. The molecule has 0 fully saturated rings. The molecular formula is C15H10ClFN2O. The molecule has 0 aliphatic rings. The number of rotatable bonds is 2. The summed E-state index contributed by atoms with van der Waals surface area (Å²) in [5.41, 5.74) is 6.81. The summed E-state index contributed by atoms with van der Waals surface area (Å²) < 4.78 is 13.5. The summed E-state index contributed by atoms with van der Waals surface area (Å²) >= 11 is 6.05. The number of carbonyl (C=O) groups is 1. The maximum absolute atomic E-state index is 13.5. The number of benzene rings is 2. The monoisotopic (exact) mass is 288 g/mol. The Balaban J connectivity index is 2.13. The predicted molar refractivity (Wildman–Crippen MR) is 77.6 cm³/mol. The lowest BCUT2D eigenvalue weighted by molar-refractivity contribution is 0.104. The molecule has 0 unspecified atom stereocenters. The van der Waals surface area contributed by atoms with Crippen molar-refractivity contribution in [2.24, 2.45) is 0 Å². The van der Waals surface area contributed by atoms with Crippen LogP contribution in [0.1, 0.15) is 15.9 Å². The lowest BCUT2D eigenvalue weighted by atomic mass is 10.0. The normalized spacial score (nSPS) is 10.9. The Morgan fingerprint density at radius 3 is 2.80 bits per heavy atom. The quantitative estimate of drug-likeness (QED) is 0.557. The highest BCUT2D eigenvalue weighted by Gasteiger charge is 2.16. The van der Waals surface area contributed by atoms with Crippen LogP contribution in [0.4, 0.5) is 10.1 Å². The lowest BCUT2D eigenvalue weighted by Crippen LogP contribution is -2.02. The van der Waals surface area contributed by atoms with E-state index in [2.05, 4.69) is 4.98 Å². The van der Waals surface area contributed by atoms with Crippen molar-refractivity contribution < 1.29 is 9.18 Å². The number of para-hydroxylation sites is 1. The minimum Gasteiger partial charge on any atom is -0.396 e. The van der Waals surface area contributed by atoms with Crippen LogP contribution in [0.2, 0.25) is 5.02 Å². The van der Waals surface area contributed by atoms with Crippen LogP contribution in [0.25, 0.3) is 10.9 Å². The maximum Gasteiger partial charge on any atom is 0.195 e. The van der Waals surface area contributed by atoms with Gasteiger partial charge in [0.15, 0.2) is 5.78 Å². The van der Waals surface area contributed by atoms with Gasteiger partial charge >= 0.3 is 0 Å². The van der Waals surface area contributed by atoms with Crippen molar-refractivity contribution in [3.63, 3.8) is 0 Å². The fourth-order valence-corrected chi connectivity index (χ4v) is 2.36. The molecule has 0 radical (unpaired) electrons. The second-order valence-corrected chi connectivity index (χ2v) is 4.84. The fraction of sp³-hybridized carbons (Fsp3) is 0. The molecule has 100 valence electrons.